The van der Waals surface area contributed by atoms with E-state index in [4.69, 9.17) is 4.43 Å². The summed E-state index contributed by atoms with van der Waals surface area (Å²) in [6.07, 6.45) is 7.66. The zero-order valence-corrected chi connectivity index (χ0v) is 17.2. The second kappa shape index (κ2) is 9.43. The first-order chi connectivity index (χ1) is 8.66. The van der Waals surface area contributed by atoms with E-state index in [1.165, 1.54) is 25.7 Å². The average molecular weight is 396 g/mol. The van der Waals surface area contributed by atoms with Gasteiger partial charge in [-0.25, -0.2) is 0 Å². The number of unbranched alkanes of at least 4 members (excludes halogenated alkanes) is 1. The standard InChI is InChI=1S/C16H33IOSi/c1-8-9-10-13(2)11-14(16(3,4)5)12-15(17)18-19(6)7/h12-14,19H,8-11H2,1-7H3/t13-,14-/m0/s1. The fraction of sp³-hybridized carbons (Fsp3) is 0.875. The van der Waals surface area contributed by atoms with Gasteiger partial charge in [0.1, 0.15) is 3.77 Å². The summed E-state index contributed by atoms with van der Waals surface area (Å²) in [6, 6.07) is 0. The molecule has 3 heteroatoms. The van der Waals surface area contributed by atoms with Gasteiger partial charge in [-0.2, -0.15) is 0 Å². The topological polar surface area (TPSA) is 9.23 Å². The van der Waals surface area contributed by atoms with Crippen LogP contribution in [-0.2, 0) is 4.43 Å². The lowest BCUT2D eigenvalue weighted by atomic mass is 9.75. The summed E-state index contributed by atoms with van der Waals surface area (Å²) >= 11 is 2.36. The Morgan fingerprint density at radius 3 is 2.32 bits per heavy atom. The van der Waals surface area contributed by atoms with Crippen molar-refractivity contribution in [1.29, 1.82) is 0 Å². The third kappa shape index (κ3) is 9.94. The molecule has 114 valence electrons. The Bertz CT molecular complexity index is 268. The number of halogens is 1. The van der Waals surface area contributed by atoms with E-state index in [2.05, 4.69) is 76.4 Å². The Kier molecular flexibility index (Phi) is 9.67. The highest BCUT2D eigenvalue weighted by molar-refractivity contribution is 14.1. The van der Waals surface area contributed by atoms with Crippen molar-refractivity contribution in [3.05, 3.63) is 9.84 Å². The quantitative estimate of drug-likeness (QED) is 0.272. The first kappa shape index (κ1) is 19.5. The van der Waals surface area contributed by atoms with Crippen LogP contribution >= 0.6 is 22.6 Å². The summed E-state index contributed by atoms with van der Waals surface area (Å²) in [6.45, 7) is 16.2. The van der Waals surface area contributed by atoms with Gasteiger partial charge in [-0.15, -0.1) is 0 Å². The molecule has 0 heterocycles. The molecule has 0 aliphatic carbocycles. The summed E-state index contributed by atoms with van der Waals surface area (Å²) in [5.74, 6) is 1.42. The second-order valence-corrected chi connectivity index (χ2v) is 10.5. The molecule has 0 saturated carbocycles. The van der Waals surface area contributed by atoms with Gasteiger partial charge in [-0.3, -0.25) is 0 Å². The van der Waals surface area contributed by atoms with Crippen molar-refractivity contribution < 1.29 is 4.43 Å². The number of rotatable bonds is 8. The predicted molar refractivity (Wildman–Crippen MR) is 98.3 cm³/mol. The minimum atomic E-state index is -0.971. The third-order valence-electron chi connectivity index (χ3n) is 3.50. The van der Waals surface area contributed by atoms with E-state index in [1.54, 1.807) is 0 Å². The van der Waals surface area contributed by atoms with E-state index >= 15 is 0 Å². The number of hydrogen-bond donors (Lipinski definition) is 0. The maximum absolute atomic E-state index is 5.93. The monoisotopic (exact) mass is 396 g/mol. The molecule has 0 fully saturated rings. The summed E-state index contributed by atoms with van der Waals surface area (Å²) in [5, 5.41) is 0. The zero-order chi connectivity index (χ0) is 15.1. The molecule has 0 rings (SSSR count). The lowest BCUT2D eigenvalue weighted by Gasteiger charge is -2.31. The van der Waals surface area contributed by atoms with Gasteiger partial charge in [0.2, 0.25) is 9.04 Å². The third-order valence-corrected chi connectivity index (χ3v) is 5.32. The SMILES string of the molecule is CCCC[C@H](C)C[C@@H](C=C(I)O[SiH](C)C)C(C)(C)C. The fourth-order valence-electron chi connectivity index (χ4n) is 2.20. The van der Waals surface area contributed by atoms with Crippen LogP contribution in [0.25, 0.3) is 0 Å². The molecular weight excluding hydrogens is 363 g/mol. The first-order valence-electron chi connectivity index (χ1n) is 7.70. The molecule has 0 amide bonds. The van der Waals surface area contributed by atoms with Crippen molar-refractivity contribution in [2.24, 2.45) is 17.3 Å². The summed E-state index contributed by atoms with van der Waals surface area (Å²) < 4.78 is 7.04. The fourth-order valence-corrected chi connectivity index (χ4v) is 4.69. The van der Waals surface area contributed by atoms with Crippen LogP contribution in [0.4, 0.5) is 0 Å². The molecule has 0 unspecified atom stereocenters. The molecule has 0 spiro atoms. The van der Waals surface area contributed by atoms with E-state index in [9.17, 15) is 0 Å². The van der Waals surface area contributed by atoms with E-state index in [-0.39, 0.29) is 0 Å². The Balaban J connectivity index is 4.65. The molecule has 0 aliphatic rings. The molecule has 0 aromatic heterocycles. The van der Waals surface area contributed by atoms with Crippen molar-refractivity contribution >= 4 is 31.6 Å². The molecule has 1 nitrogen and oxygen atoms in total. The van der Waals surface area contributed by atoms with Gasteiger partial charge in [-0.05, 0) is 65.4 Å². The van der Waals surface area contributed by atoms with Gasteiger partial charge in [-0.1, -0.05) is 53.9 Å². The van der Waals surface area contributed by atoms with Crippen molar-refractivity contribution in [2.45, 2.75) is 73.4 Å². The molecule has 0 aromatic carbocycles. The summed E-state index contributed by atoms with van der Waals surface area (Å²) in [5.41, 5.74) is 0.318. The highest BCUT2D eigenvalue weighted by Gasteiger charge is 2.25. The van der Waals surface area contributed by atoms with Crippen LogP contribution in [0.15, 0.2) is 9.84 Å². The van der Waals surface area contributed by atoms with Crippen molar-refractivity contribution in [3.63, 3.8) is 0 Å². The maximum Gasteiger partial charge on any atom is 0.230 e. The molecule has 0 aromatic rings. The summed E-state index contributed by atoms with van der Waals surface area (Å²) in [4.78, 5) is 0. The summed E-state index contributed by atoms with van der Waals surface area (Å²) in [7, 11) is -0.971. The van der Waals surface area contributed by atoms with Crippen molar-refractivity contribution in [3.8, 4) is 0 Å². The molecule has 19 heavy (non-hydrogen) atoms. The average Bonchev–Trinajstić information content (AvgIpc) is 2.23. The molecule has 0 aliphatic heterocycles. The van der Waals surface area contributed by atoms with E-state index in [0.29, 0.717) is 11.3 Å². The molecule has 0 radical (unpaired) electrons. The highest BCUT2D eigenvalue weighted by Crippen LogP contribution is 2.35. The highest BCUT2D eigenvalue weighted by atomic mass is 127. The number of hydrogen-bond acceptors (Lipinski definition) is 1. The molecule has 0 bridgehead atoms. The zero-order valence-electron chi connectivity index (χ0n) is 13.9. The lowest BCUT2D eigenvalue weighted by Crippen LogP contribution is -2.21. The van der Waals surface area contributed by atoms with Gasteiger partial charge >= 0.3 is 0 Å². The van der Waals surface area contributed by atoms with Crippen LogP contribution in [0.1, 0.15) is 60.3 Å². The van der Waals surface area contributed by atoms with Gasteiger partial charge in [0.25, 0.3) is 0 Å². The van der Waals surface area contributed by atoms with Gasteiger partial charge in [0, 0.05) is 0 Å². The van der Waals surface area contributed by atoms with Crippen LogP contribution in [0.3, 0.4) is 0 Å². The minimum absolute atomic E-state index is 0.318. The smallest absolute Gasteiger partial charge is 0.230 e. The van der Waals surface area contributed by atoms with E-state index < -0.39 is 9.04 Å². The molecule has 0 N–H and O–H groups in total. The van der Waals surface area contributed by atoms with Crippen LogP contribution < -0.4 is 0 Å². The van der Waals surface area contributed by atoms with E-state index in [0.717, 1.165) is 9.68 Å². The Morgan fingerprint density at radius 2 is 1.89 bits per heavy atom. The second-order valence-electron chi connectivity index (χ2n) is 7.09. The molecule has 0 saturated heterocycles. The van der Waals surface area contributed by atoms with Crippen LogP contribution in [0.2, 0.25) is 13.1 Å². The van der Waals surface area contributed by atoms with Crippen LogP contribution in [-0.4, -0.2) is 9.04 Å². The van der Waals surface area contributed by atoms with Gasteiger partial charge in [0.05, 0.1) is 0 Å². The normalized spacial score (nSPS) is 16.6. The predicted octanol–water partition coefficient (Wildman–Crippen LogP) is 6.14. The van der Waals surface area contributed by atoms with Crippen molar-refractivity contribution in [2.75, 3.05) is 0 Å². The molecule has 2 atom stereocenters. The van der Waals surface area contributed by atoms with Crippen molar-refractivity contribution in [1.82, 2.24) is 0 Å². The van der Waals surface area contributed by atoms with Gasteiger partial charge < -0.3 is 4.43 Å². The Morgan fingerprint density at radius 1 is 1.32 bits per heavy atom. The van der Waals surface area contributed by atoms with Gasteiger partial charge in [0.15, 0.2) is 0 Å². The Hall–Kier alpha value is 0.487. The first-order valence-corrected chi connectivity index (χ1v) is 11.6. The Labute approximate surface area is 136 Å². The van der Waals surface area contributed by atoms with Crippen LogP contribution in [0, 0.1) is 17.3 Å². The minimum Gasteiger partial charge on any atom is -0.543 e. The largest absolute Gasteiger partial charge is 0.543 e. The number of allylic oxidation sites excluding steroid dienone is 1. The molecular formula is C16H33IOSi. The lowest BCUT2D eigenvalue weighted by molar-refractivity contribution is 0.238. The van der Waals surface area contributed by atoms with Crippen LogP contribution in [0.5, 0.6) is 0 Å². The van der Waals surface area contributed by atoms with E-state index in [1.807, 2.05) is 0 Å². The maximum atomic E-state index is 5.93.